The Morgan fingerprint density at radius 1 is 1.04 bits per heavy atom. The van der Waals surface area contributed by atoms with Gasteiger partial charge in [0.05, 0.1) is 28.1 Å². The van der Waals surface area contributed by atoms with E-state index >= 15 is 0 Å². The number of carbonyl (C=O) groups excluding carboxylic acids is 1. The number of hydrogen-bond acceptors (Lipinski definition) is 4. The van der Waals surface area contributed by atoms with Crippen molar-refractivity contribution < 1.29 is 4.79 Å². The molecule has 0 aliphatic carbocycles. The number of nitrogens with zero attached hydrogens (tertiary/aromatic N) is 1. The van der Waals surface area contributed by atoms with Gasteiger partial charge in [-0.05, 0) is 30.3 Å². The van der Waals surface area contributed by atoms with Crippen LogP contribution in [0.5, 0.6) is 0 Å². The van der Waals surface area contributed by atoms with Gasteiger partial charge in [-0.15, -0.1) is 0 Å². The summed E-state index contributed by atoms with van der Waals surface area (Å²) in [7, 11) is 0. The zero-order chi connectivity index (χ0) is 16.4. The third-order valence-corrected chi connectivity index (χ3v) is 3.33. The summed E-state index contributed by atoms with van der Waals surface area (Å²) in [5.74, 6) is -0.478. The van der Waals surface area contributed by atoms with E-state index in [0.29, 0.717) is 5.56 Å². The molecule has 3 aromatic rings. The Kier molecular flexibility index (Phi) is 3.49. The zero-order valence-corrected chi connectivity index (χ0v) is 11.7. The number of nitrogens with one attached hydrogen (secondary N) is 3. The second-order valence-corrected chi connectivity index (χ2v) is 4.78. The third kappa shape index (κ3) is 2.61. The van der Waals surface area contributed by atoms with Crippen molar-refractivity contribution in [2.75, 3.05) is 5.32 Å². The van der Waals surface area contributed by atoms with E-state index in [9.17, 15) is 14.4 Å². The summed E-state index contributed by atoms with van der Waals surface area (Å²) in [5, 5.41) is 16.2. The molecule has 0 saturated heterocycles. The van der Waals surface area contributed by atoms with Crippen LogP contribution in [0.15, 0.2) is 52.1 Å². The Morgan fingerprint density at radius 2 is 1.78 bits per heavy atom. The van der Waals surface area contributed by atoms with Gasteiger partial charge in [0.2, 0.25) is 0 Å². The van der Waals surface area contributed by atoms with Crippen LogP contribution in [0, 0.1) is 11.3 Å². The maximum absolute atomic E-state index is 12.3. The van der Waals surface area contributed by atoms with Gasteiger partial charge in [0.25, 0.3) is 17.0 Å². The molecule has 0 aliphatic rings. The van der Waals surface area contributed by atoms with Gasteiger partial charge in [-0.1, -0.05) is 12.1 Å². The van der Waals surface area contributed by atoms with Gasteiger partial charge in [0.1, 0.15) is 0 Å². The molecule has 7 nitrogen and oxygen atoms in total. The van der Waals surface area contributed by atoms with E-state index in [2.05, 4.69) is 15.5 Å². The molecule has 3 N–H and O–H groups in total. The largest absolute Gasteiger partial charge is 0.321 e. The highest BCUT2D eigenvalue weighted by atomic mass is 16.2. The Morgan fingerprint density at radius 3 is 2.57 bits per heavy atom. The second kappa shape index (κ2) is 5.61. The summed E-state index contributed by atoms with van der Waals surface area (Å²) in [6, 6.07) is 12.7. The molecule has 0 unspecified atom stereocenters. The van der Waals surface area contributed by atoms with E-state index in [0.717, 1.165) is 0 Å². The monoisotopic (exact) mass is 306 g/mol. The first-order chi connectivity index (χ1) is 11.1. The Bertz CT molecular complexity index is 1070. The molecule has 0 fully saturated rings. The van der Waals surface area contributed by atoms with E-state index < -0.39 is 17.0 Å². The van der Waals surface area contributed by atoms with Crippen LogP contribution < -0.4 is 16.4 Å². The molecule has 7 heteroatoms. The number of rotatable bonds is 2. The maximum Gasteiger partial charge on any atom is 0.272 e. The van der Waals surface area contributed by atoms with Gasteiger partial charge in [-0.25, -0.2) is 0 Å². The van der Waals surface area contributed by atoms with Crippen molar-refractivity contribution in [3.63, 3.8) is 0 Å². The molecule has 0 saturated carbocycles. The van der Waals surface area contributed by atoms with Crippen molar-refractivity contribution in [2.24, 2.45) is 0 Å². The molecule has 2 aromatic carbocycles. The second-order valence-electron chi connectivity index (χ2n) is 4.78. The van der Waals surface area contributed by atoms with E-state index in [-0.39, 0.29) is 22.0 Å². The minimum atomic E-state index is -0.513. The SMILES string of the molecule is N#Cc1cccc(C(=O)Nc2cccc3c(=O)[nH][nH]c(=O)c23)c1. The summed E-state index contributed by atoms with van der Waals surface area (Å²) in [4.78, 5) is 36.0. The summed E-state index contributed by atoms with van der Waals surface area (Å²) in [5.41, 5.74) is -0.113. The number of anilines is 1. The summed E-state index contributed by atoms with van der Waals surface area (Å²) in [6.07, 6.45) is 0. The fraction of sp³-hybridized carbons (Fsp3) is 0. The average molecular weight is 306 g/mol. The van der Waals surface area contributed by atoms with Crippen molar-refractivity contribution in [1.29, 1.82) is 5.26 Å². The molecule has 1 heterocycles. The first kappa shape index (κ1) is 14.3. The summed E-state index contributed by atoms with van der Waals surface area (Å²) < 4.78 is 0. The van der Waals surface area contributed by atoms with Crippen LogP contribution in [-0.4, -0.2) is 16.1 Å². The van der Waals surface area contributed by atoms with Crippen LogP contribution in [0.4, 0.5) is 5.69 Å². The smallest absolute Gasteiger partial charge is 0.272 e. The van der Waals surface area contributed by atoms with Crippen LogP contribution in [0.1, 0.15) is 15.9 Å². The fourth-order valence-electron chi connectivity index (χ4n) is 2.26. The fourth-order valence-corrected chi connectivity index (χ4v) is 2.26. The molecule has 0 aliphatic heterocycles. The molecular weight excluding hydrogens is 296 g/mol. The predicted molar refractivity (Wildman–Crippen MR) is 84.3 cm³/mol. The Balaban J connectivity index is 2.07. The van der Waals surface area contributed by atoms with Gasteiger partial charge in [0, 0.05) is 5.56 Å². The summed E-state index contributed by atoms with van der Waals surface area (Å²) in [6.45, 7) is 0. The molecule has 0 bridgehead atoms. The van der Waals surface area contributed by atoms with Crippen molar-refractivity contribution >= 4 is 22.4 Å². The maximum atomic E-state index is 12.3. The van der Waals surface area contributed by atoms with E-state index in [1.54, 1.807) is 24.3 Å². The lowest BCUT2D eigenvalue weighted by atomic mass is 10.1. The topological polar surface area (TPSA) is 119 Å². The molecule has 0 atom stereocenters. The lowest BCUT2D eigenvalue weighted by molar-refractivity contribution is 0.102. The lowest BCUT2D eigenvalue weighted by Crippen LogP contribution is -2.21. The number of hydrogen-bond donors (Lipinski definition) is 3. The lowest BCUT2D eigenvalue weighted by Gasteiger charge is -2.08. The number of carbonyl (C=O) groups is 1. The van der Waals surface area contributed by atoms with E-state index in [4.69, 9.17) is 5.26 Å². The van der Waals surface area contributed by atoms with Gasteiger partial charge in [-0.3, -0.25) is 24.6 Å². The van der Waals surface area contributed by atoms with Crippen LogP contribution in [0.2, 0.25) is 0 Å². The molecule has 1 amide bonds. The number of H-pyrrole nitrogens is 2. The first-order valence-electron chi connectivity index (χ1n) is 6.65. The minimum absolute atomic E-state index is 0.0982. The van der Waals surface area contributed by atoms with Crippen LogP contribution >= 0.6 is 0 Å². The zero-order valence-electron chi connectivity index (χ0n) is 11.7. The molecular formula is C16H10N4O3. The van der Waals surface area contributed by atoms with E-state index in [1.807, 2.05) is 6.07 Å². The molecule has 1 aromatic heterocycles. The highest BCUT2D eigenvalue weighted by Crippen LogP contribution is 2.18. The molecule has 112 valence electrons. The van der Waals surface area contributed by atoms with E-state index in [1.165, 1.54) is 18.2 Å². The van der Waals surface area contributed by atoms with Gasteiger partial charge in [-0.2, -0.15) is 5.26 Å². The number of fused-ring (bicyclic) bond motifs is 1. The molecule has 0 spiro atoms. The highest BCUT2D eigenvalue weighted by molar-refractivity contribution is 6.08. The standard InChI is InChI=1S/C16H10N4O3/c17-8-9-3-1-4-10(7-9)14(21)18-12-6-2-5-11-13(12)16(23)20-19-15(11)22/h1-7H,(H,18,21)(H,19,22)(H,20,23). The minimum Gasteiger partial charge on any atom is -0.321 e. The quantitative estimate of drug-likeness (QED) is 0.662. The van der Waals surface area contributed by atoms with Crippen molar-refractivity contribution in [3.8, 4) is 6.07 Å². The Hall–Kier alpha value is -3.66. The Labute approximate surface area is 129 Å². The van der Waals surface area contributed by atoms with Gasteiger partial charge >= 0.3 is 0 Å². The normalized spacial score (nSPS) is 10.2. The van der Waals surface area contributed by atoms with Crippen molar-refractivity contribution in [1.82, 2.24) is 10.2 Å². The van der Waals surface area contributed by atoms with Crippen LogP contribution in [0.25, 0.3) is 10.8 Å². The first-order valence-corrected chi connectivity index (χ1v) is 6.65. The number of benzene rings is 2. The number of aromatic nitrogens is 2. The molecule has 23 heavy (non-hydrogen) atoms. The molecule has 0 radical (unpaired) electrons. The number of amides is 1. The third-order valence-electron chi connectivity index (χ3n) is 3.33. The highest BCUT2D eigenvalue weighted by Gasteiger charge is 2.12. The average Bonchev–Trinajstić information content (AvgIpc) is 2.58. The number of aromatic amines is 2. The van der Waals surface area contributed by atoms with Gasteiger partial charge < -0.3 is 5.32 Å². The van der Waals surface area contributed by atoms with Crippen molar-refractivity contribution in [3.05, 3.63) is 74.3 Å². The van der Waals surface area contributed by atoms with Gasteiger partial charge in [0.15, 0.2) is 0 Å². The van der Waals surface area contributed by atoms with Crippen LogP contribution in [-0.2, 0) is 0 Å². The van der Waals surface area contributed by atoms with Crippen LogP contribution in [0.3, 0.4) is 0 Å². The molecule has 3 rings (SSSR count). The summed E-state index contributed by atoms with van der Waals surface area (Å²) >= 11 is 0. The predicted octanol–water partition coefficient (Wildman–Crippen LogP) is 1.34. The van der Waals surface area contributed by atoms with Crippen molar-refractivity contribution in [2.45, 2.75) is 0 Å². The number of nitriles is 1.